The van der Waals surface area contributed by atoms with Gasteiger partial charge in [0.1, 0.15) is 5.75 Å². The highest BCUT2D eigenvalue weighted by Gasteiger charge is 2.32. The topological polar surface area (TPSA) is 21.3 Å². The van der Waals surface area contributed by atoms with Gasteiger partial charge in [-0.1, -0.05) is 26.0 Å². The molecule has 0 spiro atoms. The SMILES string of the molecule is CC(C)CNCC1CCC1c1ccc2c(c1)CCO2. The van der Waals surface area contributed by atoms with Crippen LogP contribution in [0.25, 0.3) is 0 Å². The fourth-order valence-electron chi connectivity index (χ4n) is 3.25. The lowest BCUT2D eigenvalue weighted by molar-refractivity contribution is 0.243. The molecule has 2 nitrogen and oxygen atoms in total. The van der Waals surface area contributed by atoms with E-state index in [0.29, 0.717) is 0 Å². The molecule has 1 aliphatic heterocycles. The summed E-state index contributed by atoms with van der Waals surface area (Å²) in [6.07, 6.45) is 3.82. The van der Waals surface area contributed by atoms with E-state index >= 15 is 0 Å². The lowest BCUT2D eigenvalue weighted by Gasteiger charge is -2.37. The maximum atomic E-state index is 5.59. The van der Waals surface area contributed by atoms with Crippen molar-refractivity contribution in [2.24, 2.45) is 11.8 Å². The van der Waals surface area contributed by atoms with Gasteiger partial charge in [-0.3, -0.25) is 0 Å². The van der Waals surface area contributed by atoms with Crippen molar-refractivity contribution in [3.63, 3.8) is 0 Å². The summed E-state index contributed by atoms with van der Waals surface area (Å²) < 4.78 is 5.59. The number of hydrogen-bond donors (Lipinski definition) is 1. The quantitative estimate of drug-likeness (QED) is 0.875. The Morgan fingerprint density at radius 2 is 2.21 bits per heavy atom. The second-order valence-corrected chi connectivity index (χ2v) is 6.46. The number of hydrogen-bond acceptors (Lipinski definition) is 2. The maximum absolute atomic E-state index is 5.59. The van der Waals surface area contributed by atoms with E-state index in [-0.39, 0.29) is 0 Å². The highest BCUT2D eigenvalue weighted by Crippen LogP contribution is 2.43. The van der Waals surface area contributed by atoms with E-state index in [0.717, 1.165) is 43.1 Å². The zero-order valence-electron chi connectivity index (χ0n) is 12.1. The first kappa shape index (κ1) is 13.0. The fourth-order valence-corrected chi connectivity index (χ4v) is 3.25. The van der Waals surface area contributed by atoms with Crippen LogP contribution in [0.1, 0.15) is 43.7 Å². The van der Waals surface area contributed by atoms with Gasteiger partial charge in [0.2, 0.25) is 0 Å². The molecule has 1 heterocycles. The van der Waals surface area contributed by atoms with Crippen LogP contribution >= 0.6 is 0 Å². The molecule has 1 N–H and O–H groups in total. The average Bonchev–Trinajstić information content (AvgIpc) is 2.80. The number of benzene rings is 1. The third-order valence-corrected chi connectivity index (χ3v) is 4.52. The van der Waals surface area contributed by atoms with Crippen LogP contribution in [0.3, 0.4) is 0 Å². The van der Waals surface area contributed by atoms with Gasteiger partial charge >= 0.3 is 0 Å². The monoisotopic (exact) mass is 259 g/mol. The Morgan fingerprint density at radius 1 is 1.32 bits per heavy atom. The maximum Gasteiger partial charge on any atom is 0.122 e. The molecule has 2 heteroatoms. The Morgan fingerprint density at radius 3 is 2.95 bits per heavy atom. The number of fused-ring (bicyclic) bond motifs is 1. The third-order valence-electron chi connectivity index (χ3n) is 4.52. The molecule has 0 amide bonds. The minimum absolute atomic E-state index is 0.746. The Kier molecular flexibility index (Phi) is 3.79. The van der Waals surface area contributed by atoms with Crippen molar-refractivity contribution < 1.29 is 4.74 Å². The van der Waals surface area contributed by atoms with Crippen molar-refractivity contribution in [2.45, 2.75) is 39.0 Å². The minimum atomic E-state index is 0.746. The lowest BCUT2D eigenvalue weighted by atomic mass is 9.69. The van der Waals surface area contributed by atoms with Gasteiger partial charge < -0.3 is 10.1 Å². The molecule has 0 saturated heterocycles. The number of rotatable bonds is 5. The van der Waals surface area contributed by atoms with E-state index < -0.39 is 0 Å². The van der Waals surface area contributed by atoms with Crippen LogP contribution in [0.15, 0.2) is 18.2 Å². The van der Waals surface area contributed by atoms with Crippen LogP contribution in [0.5, 0.6) is 5.75 Å². The summed E-state index contributed by atoms with van der Waals surface area (Å²) in [5.41, 5.74) is 2.95. The Balaban J connectivity index is 1.60. The first-order valence-corrected chi connectivity index (χ1v) is 7.70. The predicted octanol–water partition coefficient (Wildman–Crippen LogP) is 3.36. The molecule has 2 unspecified atom stereocenters. The highest BCUT2D eigenvalue weighted by atomic mass is 16.5. The van der Waals surface area contributed by atoms with Gasteiger partial charge in [0.05, 0.1) is 6.61 Å². The second kappa shape index (κ2) is 5.54. The summed E-state index contributed by atoms with van der Waals surface area (Å²) in [6.45, 7) is 7.72. The van der Waals surface area contributed by atoms with Gasteiger partial charge in [-0.05, 0) is 60.9 Å². The van der Waals surface area contributed by atoms with Crippen LogP contribution in [0.2, 0.25) is 0 Å². The molecule has 0 aromatic heterocycles. The number of ether oxygens (including phenoxy) is 1. The summed E-state index contributed by atoms with van der Waals surface area (Å²) >= 11 is 0. The Labute approximate surface area is 116 Å². The van der Waals surface area contributed by atoms with Crippen LogP contribution in [-0.2, 0) is 6.42 Å². The van der Waals surface area contributed by atoms with E-state index in [2.05, 4.69) is 37.4 Å². The largest absolute Gasteiger partial charge is 0.493 e. The van der Waals surface area contributed by atoms with Crippen molar-refractivity contribution in [3.8, 4) is 5.75 Å². The molecule has 0 radical (unpaired) electrons. The summed E-state index contributed by atoms with van der Waals surface area (Å²) in [5.74, 6) is 3.46. The number of nitrogens with one attached hydrogen (secondary N) is 1. The van der Waals surface area contributed by atoms with Crippen molar-refractivity contribution in [2.75, 3.05) is 19.7 Å². The first-order valence-electron chi connectivity index (χ1n) is 7.70. The van der Waals surface area contributed by atoms with Crippen LogP contribution < -0.4 is 10.1 Å². The van der Waals surface area contributed by atoms with Gasteiger partial charge in [-0.15, -0.1) is 0 Å². The summed E-state index contributed by atoms with van der Waals surface area (Å²) in [6, 6.07) is 6.85. The molecule has 1 aliphatic carbocycles. The molecule has 1 saturated carbocycles. The van der Waals surface area contributed by atoms with Gasteiger partial charge in [0.15, 0.2) is 0 Å². The fraction of sp³-hybridized carbons (Fsp3) is 0.647. The Hall–Kier alpha value is -1.02. The highest BCUT2D eigenvalue weighted by molar-refractivity contribution is 5.41. The molecule has 104 valence electrons. The summed E-state index contributed by atoms with van der Waals surface area (Å²) in [4.78, 5) is 0. The average molecular weight is 259 g/mol. The molecule has 1 aromatic rings. The minimum Gasteiger partial charge on any atom is -0.493 e. The van der Waals surface area contributed by atoms with Crippen LogP contribution in [-0.4, -0.2) is 19.7 Å². The first-order chi connectivity index (χ1) is 9.24. The Bertz CT molecular complexity index is 441. The van der Waals surface area contributed by atoms with Crippen LogP contribution in [0, 0.1) is 11.8 Å². The van der Waals surface area contributed by atoms with Crippen molar-refractivity contribution >= 4 is 0 Å². The molecule has 3 rings (SSSR count). The molecular formula is C17H25NO. The van der Waals surface area contributed by atoms with Gasteiger partial charge in [0, 0.05) is 6.42 Å². The van der Waals surface area contributed by atoms with Crippen LogP contribution in [0.4, 0.5) is 0 Å². The van der Waals surface area contributed by atoms with E-state index in [9.17, 15) is 0 Å². The zero-order valence-corrected chi connectivity index (χ0v) is 12.1. The van der Waals surface area contributed by atoms with Crippen molar-refractivity contribution in [1.29, 1.82) is 0 Å². The van der Waals surface area contributed by atoms with Gasteiger partial charge in [0.25, 0.3) is 0 Å². The normalized spacial score (nSPS) is 25.0. The van der Waals surface area contributed by atoms with Gasteiger partial charge in [-0.2, -0.15) is 0 Å². The molecule has 2 atom stereocenters. The zero-order chi connectivity index (χ0) is 13.2. The standard InChI is InChI=1S/C17H25NO/c1-12(2)10-18-11-15-3-5-16(15)13-4-6-17-14(9-13)7-8-19-17/h4,6,9,12,15-16,18H,3,5,7-8,10-11H2,1-2H3. The summed E-state index contributed by atoms with van der Waals surface area (Å²) in [7, 11) is 0. The van der Waals surface area contributed by atoms with Gasteiger partial charge in [-0.25, -0.2) is 0 Å². The molecule has 1 aromatic carbocycles. The van der Waals surface area contributed by atoms with E-state index in [1.807, 2.05) is 0 Å². The summed E-state index contributed by atoms with van der Waals surface area (Å²) in [5, 5.41) is 3.61. The smallest absolute Gasteiger partial charge is 0.122 e. The van der Waals surface area contributed by atoms with E-state index in [1.54, 1.807) is 0 Å². The second-order valence-electron chi connectivity index (χ2n) is 6.46. The molecular weight excluding hydrogens is 234 g/mol. The molecule has 2 aliphatic rings. The predicted molar refractivity (Wildman–Crippen MR) is 78.8 cm³/mol. The van der Waals surface area contributed by atoms with E-state index in [1.165, 1.54) is 30.5 Å². The molecule has 0 bridgehead atoms. The van der Waals surface area contributed by atoms with Crippen molar-refractivity contribution in [3.05, 3.63) is 29.3 Å². The molecule has 19 heavy (non-hydrogen) atoms. The lowest BCUT2D eigenvalue weighted by Crippen LogP contribution is -2.35. The third kappa shape index (κ3) is 2.79. The van der Waals surface area contributed by atoms with E-state index in [4.69, 9.17) is 4.74 Å². The molecule has 1 fully saturated rings. The van der Waals surface area contributed by atoms with Crippen molar-refractivity contribution in [1.82, 2.24) is 5.32 Å².